The highest BCUT2D eigenvalue weighted by Gasteiger charge is 2.02. The van der Waals surface area contributed by atoms with Crippen LogP contribution in [0.4, 0.5) is 10.2 Å². The van der Waals surface area contributed by atoms with Crippen molar-refractivity contribution in [1.82, 2.24) is 9.97 Å². The molecule has 1 heterocycles. The van der Waals surface area contributed by atoms with E-state index in [4.69, 9.17) is 17.3 Å². The van der Waals surface area contributed by atoms with Crippen molar-refractivity contribution in [2.75, 3.05) is 5.32 Å². The van der Waals surface area contributed by atoms with Crippen LogP contribution in [-0.4, -0.2) is 9.97 Å². The molecule has 0 saturated heterocycles. The Morgan fingerprint density at radius 2 is 2.17 bits per heavy atom. The Bertz CT molecular complexity index is 547. The summed E-state index contributed by atoms with van der Waals surface area (Å²) in [6.45, 7) is 0.791. The topological polar surface area (TPSA) is 63.8 Å². The van der Waals surface area contributed by atoms with Gasteiger partial charge in [-0.2, -0.15) is 0 Å². The molecule has 4 nitrogen and oxygen atoms in total. The van der Waals surface area contributed by atoms with E-state index in [1.807, 2.05) is 0 Å². The van der Waals surface area contributed by atoms with Gasteiger partial charge in [0.2, 0.25) is 0 Å². The fourth-order valence-corrected chi connectivity index (χ4v) is 1.64. The minimum Gasteiger partial charge on any atom is -0.366 e. The number of aromatic nitrogens is 2. The maximum Gasteiger partial charge on any atom is 0.144 e. The summed E-state index contributed by atoms with van der Waals surface area (Å²) in [6, 6.07) is 6.32. The van der Waals surface area contributed by atoms with E-state index < -0.39 is 5.82 Å². The molecule has 1 aromatic carbocycles. The average molecular weight is 267 g/mol. The first kappa shape index (κ1) is 12.7. The van der Waals surface area contributed by atoms with Gasteiger partial charge in [-0.3, -0.25) is 0 Å². The number of halogens is 2. The van der Waals surface area contributed by atoms with E-state index in [1.54, 1.807) is 24.4 Å². The Morgan fingerprint density at radius 1 is 1.33 bits per heavy atom. The third-order valence-corrected chi connectivity index (χ3v) is 2.64. The second-order valence-electron chi connectivity index (χ2n) is 3.66. The first-order valence-electron chi connectivity index (χ1n) is 5.39. The molecule has 2 rings (SSSR count). The highest BCUT2D eigenvalue weighted by atomic mass is 35.5. The SMILES string of the molecule is NCc1nccc(NCc2ccc(F)c(Cl)c2)n1. The van der Waals surface area contributed by atoms with Crippen LogP contribution >= 0.6 is 11.6 Å². The summed E-state index contributed by atoms with van der Waals surface area (Å²) in [5, 5.41) is 3.21. The van der Waals surface area contributed by atoms with Crippen molar-refractivity contribution in [3.8, 4) is 0 Å². The molecule has 0 amide bonds. The molecule has 0 spiro atoms. The van der Waals surface area contributed by atoms with Crippen LogP contribution in [0, 0.1) is 5.82 Å². The summed E-state index contributed by atoms with van der Waals surface area (Å²) < 4.78 is 13.0. The number of anilines is 1. The number of nitrogens with one attached hydrogen (secondary N) is 1. The van der Waals surface area contributed by atoms with E-state index in [-0.39, 0.29) is 11.6 Å². The number of nitrogens with zero attached hydrogens (tertiary/aromatic N) is 2. The molecular weight excluding hydrogens is 255 g/mol. The second kappa shape index (κ2) is 5.75. The minimum atomic E-state index is -0.423. The third-order valence-electron chi connectivity index (χ3n) is 2.35. The van der Waals surface area contributed by atoms with Gasteiger partial charge in [-0.25, -0.2) is 14.4 Å². The zero-order valence-electron chi connectivity index (χ0n) is 9.53. The van der Waals surface area contributed by atoms with Gasteiger partial charge in [0.05, 0.1) is 11.6 Å². The lowest BCUT2D eigenvalue weighted by Crippen LogP contribution is -2.07. The Labute approximate surface area is 109 Å². The summed E-state index contributed by atoms with van der Waals surface area (Å²) in [4.78, 5) is 8.18. The number of benzene rings is 1. The van der Waals surface area contributed by atoms with Gasteiger partial charge < -0.3 is 11.1 Å². The largest absolute Gasteiger partial charge is 0.366 e. The molecule has 0 aliphatic heterocycles. The van der Waals surface area contributed by atoms with Crippen LogP contribution in [0.1, 0.15) is 11.4 Å². The van der Waals surface area contributed by atoms with E-state index in [1.165, 1.54) is 6.07 Å². The van der Waals surface area contributed by atoms with Crippen LogP contribution in [0.2, 0.25) is 5.02 Å². The average Bonchev–Trinajstić information content (AvgIpc) is 2.40. The van der Waals surface area contributed by atoms with Crippen LogP contribution in [-0.2, 0) is 13.1 Å². The summed E-state index contributed by atoms with van der Waals surface area (Å²) >= 11 is 5.70. The van der Waals surface area contributed by atoms with Crippen LogP contribution in [0.3, 0.4) is 0 Å². The zero-order chi connectivity index (χ0) is 13.0. The number of hydrogen-bond donors (Lipinski definition) is 2. The lowest BCUT2D eigenvalue weighted by molar-refractivity contribution is 0.627. The van der Waals surface area contributed by atoms with E-state index in [0.29, 0.717) is 18.2 Å². The van der Waals surface area contributed by atoms with Crippen LogP contribution in [0.25, 0.3) is 0 Å². The molecule has 6 heteroatoms. The minimum absolute atomic E-state index is 0.111. The van der Waals surface area contributed by atoms with E-state index in [2.05, 4.69) is 15.3 Å². The molecule has 3 N–H and O–H groups in total. The molecule has 94 valence electrons. The van der Waals surface area contributed by atoms with Gasteiger partial charge in [0.15, 0.2) is 0 Å². The zero-order valence-corrected chi connectivity index (χ0v) is 10.3. The highest BCUT2D eigenvalue weighted by molar-refractivity contribution is 6.30. The number of rotatable bonds is 4. The summed E-state index contributed by atoms with van der Waals surface area (Å²) in [7, 11) is 0. The fraction of sp³-hybridized carbons (Fsp3) is 0.167. The molecule has 0 aliphatic rings. The first-order valence-corrected chi connectivity index (χ1v) is 5.76. The van der Waals surface area contributed by atoms with Crippen LogP contribution in [0.5, 0.6) is 0 Å². The molecule has 0 bridgehead atoms. The van der Waals surface area contributed by atoms with E-state index >= 15 is 0 Å². The van der Waals surface area contributed by atoms with Gasteiger partial charge in [0.1, 0.15) is 17.5 Å². The predicted octanol–water partition coefficient (Wildman–Crippen LogP) is 2.34. The van der Waals surface area contributed by atoms with Gasteiger partial charge in [0, 0.05) is 12.7 Å². The van der Waals surface area contributed by atoms with E-state index in [9.17, 15) is 4.39 Å². The summed E-state index contributed by atoms with van der Waals surface area (Å²) in [5.74, 6) is 0.816. The Balaban J connectivity index is 2.04. The van der Waals surface area contributed by atoms with Gasteiger partial charge in [-0.15, -0.1) is 0 Å². The monoisotopic (exact) mass is 266 g/mol. The molecule has 1 aromatic heterocycles. The van der Waals surface area contributed by atoms with Crippen molar-refractivity contribution in [3.63, 3.8) is 0 Å². The Kier molecular flexibility index (Phi) is 4.07. The van der Waals surface area contributed by atoms with Crippen molar-refractivity contribution in [2.45, 2.75) is 13.1 Å². The molecule has 0 atom stereocenters. The maximum atomic E-state index is 13.0. The highest BCUT2D eigenvalue weighted by Crippen LogP contribution is 2.16. The number of hydrogen-bond acceptors (Lipinski definition) is 4. The molecular formula is C12H12ClFN4. The lowest BCUT2D eigenvalue weighted by atomic mass is 10.2. The molecule has 2 aromatic rings. The second-order valence-corrected chi connectivity index (χ2v) is 4.07. The van der Waals surface area contributed by atoms with Crippen LogP contribution < -0.4 is 11.1 Å². The summed E-state index contributed by atoms with van der Waals surface area (Å²) in [5.41, 5.74) is 6.32. The van der Waals surface area contributed by atoms with Gasteiger partial charge in [0.25, 0.3) is 0 Å². The molecule has 0 unspecified atom stereocenters. The van der Waals surface area contributed by atoms with Crippen molar-refractivity contribution < 1.29 is 4.39 Å². The van der Waals surface area contributed by atoms with Crippen molar-refractivity contribution in [3.05, 3.63) is 52.7 Å². The van der Waals surface area contributed by atoms with Crippen molar-refractivity contribution in [1.29, 1.82) is 0 Å². The maximum absolute atomic E-state index is 13.0. The number of nitrogens with two attached hydrogens (primary N) is 1. The van der Waals surface area contributed by atoms with Gasteiger partial charge >= 0.3 is 0 Å². The molecule has 0 radical (unpaired) electrons. The standard InChI is InChI=1S/C12H12ClFN4/c13-9-5-8(1-2-10(9)14)7-17-11-3-4-16-12(6-15)18-11/h1-5H,6-7,15H2,(H,16,17,18). The smallest absolute Gasteiger partial charge is 0.144 e. The van der Waals surface area contributed by atoms with E-state index in [0.717, 1.165) is 5.56 Å². The molecule has 0 saturated carbocycles. The normalized spacial score (nSPS) is 10.4. The first-order chi connectivity index (χ1) is 8.69. The summed E-state index contributed by atoms with van der Waals surface area (Å²) in [6.07, 6.45) is 1.63. The Hall–Kier alpha value is -1.72. The quantitative estimate of drug-likeness (QED) is 0.892. The molecule has 0 fully saturated rings. The van der Waals surface area contributed by atoms with Crippen molar-refractivity contribution in [2.24, 2.45) is 5.73 Å². The van der Waals surface area contributed by atoms with Gasteiger partial charge in [-0.05, 0) is 23.8 Å². The Morgan fingerprint density at radius 3 is 2.89 bits per heavy atom. The van der Waals surface area contributed by atoms with Crippen molar-refractivity contribution >= 4 is 17.4 Å². The molecule has 0 aliphatic carbocycles. The lowest BCUT2D eigenvalue weighted by Gasteiger charge is -2.07. The van der Waals surface area contributed by atoms with Gasteiger partial charge in [-0.1, -0.05) is 17.7 Å². The van der Waals surface area contributed by atoms with Crippen LogP contribution in [0.15, 0.2) is 30.5 Å². The molecule has 18 heavy (non-hydrogen) atoms. The fourth-order valence-electron chi connectivity index (χ4n) is 1.44. The third kappa shape index (κ3) is 3.15. The predicted molar refractivity (Wildman–Crippen MR) is 68.7 cm³/mol.